The predicted octanol–water partition coefficient (Wildman–Crippen LogP) is 3.11. The maximum absolute atomic E-state index is 13.5. The lowest BCUT2D eigenvalue weighted by Gasteiger charge is -2.32. The van der Waals surface area contributed by atoms with Gasteiger partial charge in [0.1, 0.15) is 11.6 Å². The normalized spacial score (nSPS) is 18.0. The van der Waals surface area contributed by atoms with Crippen molar-refractivity contribution in [3.63, 3.8) is 0 Å². The van der Waals surface area contributed by atoms with E-state index in [1.807, 2.05) is 4.90 Å². The van der Waals surface area contributed by atoms with E-state index in [1.54, 1.807) is 7.05 Å². The monoisotopic (exact) mass is 478 g/mol. The number of halogens is 4. The smallest absolute Gasteiger partial charge is 0.406 e. The number of urea groups is 2. The van der Waals surface area contributed by atoms with Crippen LogP contribution >= 0.6 is 0 Å². The molecule has 0 aromatic heterocycles. The fourth-order valence-electron chi connectivity index (χ4n) is 3.33. The van der Waals surface area contributed by atoms with Crippen LogP contribution in [0, 0.1) is 11.7 Å². The molecule has 8 nitrogen and oxygen atoms in total. The summed E-state index contributed by atoms with van der Waals surface area (Å²) in [5.41, 5.74) is 0.0745. The number of piperidine rings is 1. The molecule has 1 aromatic carbocycles. The highest BCUT2D eigenvalue weighted by atomic mass is 19.4. The molecular weight excluding hydrogens is 448 g/mol. The van der Waals surface area contributed by atoms with Crippen LogP contribution < -0.4 is 20.7 Å². The Labute approximate surface area is 189 Å². The Morgan fingerprint density at radius 3 is 2.55 bits per heavy atom. The molecule has 1 saturated carbocycles. The van der Waals surface area contributed by atoms with Gasteiger partial charge in [-0.1, -0.05) is 6.07 Å². The SMILES string of the molecule is CNC(=O)N1CCCC(CCO)C1.O=C(NCc1ccc(OC(F)(F)F)cc1F)NC1CC1. The summed E-state index contributed by atoms with van der Waals surface area (Å²) in [6, 6.07) is 2.50. The van der Waals surface area contributed by atoms with Crippen LogP contribution in [0.15, 0.2) is 18.2 Å². The number of aliphatic hydroxyl groups excluding tert-OH is 1. The zero-order valence-corrected chi connectivity index (χ0v) is 18.4. The van der Waals surface area contributed by atoms with E-state index in [2.05, 4.69) is 20.7 Å². The zero-order valence-electron chi connectivity index (χ0n) is 18.4. The van der Waals surface area contributed by atoms with E-state index < -0.39 is 24.0 Å². The Balaban J connectivity index is 0.000000257. The third-order valence-corrected chi connectivity index (χ3v) is 5.17. The van der Waals surface area contributed by atoms with Crippen molar-refractivity contribution in [1.29, 1.82) is 0 Å². The number of hydrogen-bond donors (Lipinski definition) is 4. The van der Waals surface area contributed by atoms with E-state index in [-0.39, 0.29) is 30.8 Å². The van der Waals surface area contributed by atoms with Gasteiger partial charge in [0.25, 0.3) is 0 Å². The van der Waals surface area contributed by atoms with Gasteiger partial charge in [-0.25, -0.2) is 14.0 Å². The third kappa shape index (κ3) is 10.1. The van der Waals surface area contributed by atoms with Crippen LogP contribution in [0.4, 0.5) is 27.2 Å². The van der Waals surface area contributed by atoms with Gasteiger partial charge in [-0.05, 0) is 44.1 Å². The average molecular weight is 478 g/mol. The maximum atomic E-state index is 13.5. The van der Waals surface area contributed by atoms with Gasteiger partial charge in [-0.2, -0.15) is 0 Å². The van der Waals surface area contributed by atoms with Crippen LogP contribution in [0.25, 0.3) is 0 Å². The van der Waals surface area contributed by atoms with E-state index in [1.165, 1.54) is 0 Å². The number of alkyl halides is 3. The van der Waals surface area contributed by atoms with E-state index >= 15 is 0 Å². The van der Waals surface area contributed by atoms with E-state index in [0.717, 1.165) is 57.3 Å². The molecular formula is C21H30F4N4O4. The van der Waals surface area contributed by atoms with Crippen LogP contribution in [0.3, 0.4) is 0 Å². The molecule has 4 amide bonds. The highest BCUT2D eigenvalue weighted by Gasteiger charge is 2.31. The van der Waals surface area contributed by atoms with Crippen molar-refractivity contribution >= 4 is 12.1 Å². The number of nitrogens with zero attached hydrogens (tertiary/aromatic N) is 1. The van der Waals surface area contributed by atoms with Crippen molar-refractivity contribution in [2.45, 2.75) is 51.1 Å². The first kappa shape index (κ1) is 26.5. The highest BCUT2D eigenvalue weighted by Crippen LogP contribution is 2.24. The average Bonchev–Trinajstić information content (AvgIpc) is 3.56. The number of rotatable bonds is 6. The van der Waals surface area contributed by atoms with Gasteiger partial charge >= 0.3 is 18.4 Å². The quantitative estimate of drug-likeness (QED) is 0.472. The van der Waals surface area contributed by atoms with E-state index in [4.69, 9.17) is 5.11 Å². The molecule has 1 atom stereocenters. The van der Waals surface area contributed by atoms with Gasteiger partial charge in [-0.3, -0.25) is 0 Å². The van der Waals surface area contributed by atoms with Crippen molar-refractivity contribution in [2.24, 2.45) is 5.92 Å². The maximum Gasteiger partial charge on any atom is 0.573 e. The number of benzene rings is 1. The number of amides is 4. The molecule has 1 heterocycles. The number of ether oxygens (including phenoxy) is 1. The minimum atomic E-state index is -4.86. The number of hydrogen-bond acceptors (Lipinski definition) is 4. The summed E-state index contributed by atoms with van der Waals surface area (Å²) in [6.07, 6.45) is -0.0213. The molecule has 3 rings (SSSR count). The van der Waals surface area contributed by atoms with Gasteiger partial charge < -0.3 is 30.7 Å². The zero-order chi connectivity index (χ0) is 24.4. The lowest BCUT2D eigenvalue weighted by atomic mass is 9.95. The van der Waals surface area contributed by atoms with Gasteiger partial charge in [0.05, 0.1) is 0 Å². The second-order valence-electron chi connectivity index (χ2n) is 7.92. The van der Waals surface area contributed by atoms with Crippen molar-refractivity contribution in [3.8, 4) is 5.75 Å². The fourth-order valence-corrected chi connectivity index (χ4v) is 3.33. The lowest BCUT2D eigenvalue weighted by molar-refractivity contribution is -0.274. The molecule has 1 unspecified atom stereocenters. The Hall–Kier alpha value is -2.76. The topological polar surface area (TPSA) is 103 Å². The summed E-state index contributed by atoms with van der Waals surface area (Å²) in [4.78, 5) is 24.4. The van der Waals surface area contributed by atoms with Crippen LogP contribution in [0.5, 0.6) is 5.75 Å². The second-order valence-corrected chi connectivity index (χ2v) is 7.92. The first-order chi connectivity index (χ1) is 15.6. The molecule has 12 heteroatoms. The molecule has 0 radical (unpaired) electrons. The summed E-state index contributed by atoms with van der Waals surface area (Å²) < 4.78 is 53.0. The van der Waals surface area contributed by atoms with E-state index in [9.17, 15) is 27.2 Å². The molecule has 0 spiro atoms. The molecule has 2 aliphatic rings. The molecule has 1 aliphatic heterocycles. The lowest BCUT2D eigenvalue weighted by Crippen LogP contribution is -2.44. The highest BCUT2D eigenvalue weighted by molar-refractivity contribution is 5.74. The summed E-state index contributed by atoms with van der Waals surface area (Å²) in [5.74, 6) is -1.03. The Morgan fingerprint density at radius 2 is 1.97 bits per heavy atom. The summed E-state index contributed by atoms with van der Waals surface area (Å²) >= 11 is 0. The Morgan fingerprint density at radius 1 is 1.24 bits per heavy atom. The van der Waals surface area contributed by atoms with Crippen LogP contribution in [-0.2, 0) is 6.54 Å². The molecule has 1 saturated heterocycles. The number of carbonyl (C=O) groups is 2. The first-order valence-electron chi connectivity index (χ1n) is 10.8. The predicted molar refractivity (Wildman–Crippen MR) is 112 cm³/mol. The fraction of sp³-hybridized carbons (Fsp3) is 0.619. The van der Waals surface area contributed by atoms with Gasteiger partial charge in [0, 0.05) is 51.0 Å². The van der Waals surface area contributed by atoms with Gasteiger partial charge in [-0.15, -0.1) is 13.2 Å². The molecule has 1 aromatic rings. The van der Waals surface area contributed by atoms with Crippen molar-refractivity contribution in [3.05, 3.63) is 29.6 Å². The summed E-state index contributed by atoms with van der Waals surface area (Å²) in [5, 5.41) is 16.5. The second kappa shape index (κ2) is 12.5. The Kier molecular flexibility index (Phi) is 10.0. The van der Waals surface area contributed by atoms with Crippen LogP contribution in [-0.4, -0.2) is 61.2 Å². The molecule has 0 bridgehead atoms. The first-order valence-corrected chi connectivity index (χ1v) is 10.8. The molecule has 1 aliphatic carbocycles. The number of likely N-dealkylation sites (tertiary alicyclic amines) is 1. The Bertz CT molecular complexity index is 788. The van der Waals surface area contributed by atoms with Crippen LogP contribution in [0.2, 0.25) is 0 Å². The van der Waals surface area contributed by atoms with Crippen molar-refractivity contribution in [1.82, 2.24) is 20.9 Å². The number of nitrogens with one attached hydrogen (secondary N) is 3. The number of aliphatic hydroxyl groups is 1. The molecule has 2 fully saturated rings. The standard InChI is InChI=1S/C12H12F4N2O2.C9H18N2O2/c13-10-5-9(20-12(14,15)16)4-1-7(10)6-17-11(19)18-8-2-3-8;1-10-9(13)11-5-2-3-8(7-11)4-6-12/h1,4-5,8H,2-3,6H2,(H2,17,18,19);8,12H,2-7H2,1H3,(H,10,13). The number of carbonyl (C=O) groups excluding carboxylic acids is 2. The molecule has 33 heavy (non-hydrogen) atoms. The van der Waals surface area contributed by atoms with Gasteiger partial charge in [0.2, 0.25) is 0 Å². The summed E-state index contributed by atoms with van der Waals surface area (Å²) in [7, 11) is 1.65. The molecule has 186 valence electrons. The minimum absolute atomic E-state index is 0.00244. The van der Waals surface area contributed by atoms with Crippen LogP contribution in [0.1, 0.15) is 37.7 Å². The van der Waals surface area contributed by atoms with E-state index in [0.29, 0.717) is 12.0 Å². The summed E-state index contributed by atoms with van der Waals surface area (Å²) in [6.45, 7) is 1.75. The van der Waals surface area contributed by atoms with Gasteiger partial charge in [0.15, 0.2) is 0 Å². The third-order valence-electron chi connectivity index (χ3n) is 5.17. The van der Waals surface area contributed by atoms with Crippen molar-refractivity contribution in [2.75, 3.05) is 26.7 Å². The molecule has 4 N–H and O–H groups in total. The largest absolute Gasteiger partial charge is 0.573 e. The minimum Gasteiger partial charge on any atom is -0.406 e. The van der Waals surface area contributed by atoms with Crippen molar-refractivity contribution < 1.29 is 37.0 Å².